The summed E-state index contributed by atoms with van der Waals surface area (Å²) in [5, 5.41) is 0. The van der Waals surface area contributed by atoms with Crippen LogP contribution in [-0.2, 0) is 17.8 Å². The van der Waals surface area contributed by atoms with Gasteiger partial charge in [-0.25, -0.2) is 0 Å². The Hall–Kier alpha value is -2.37. The summed E-state index contributed by atoms with van der Waals surface area (Å²) in [6.07, 6.45) is 1.03. The molecular formula is C24H33N3O2+2. The number of hydrogen-bond acceptors (Lipinski definition) is 2. The van der Waals surface area contributed by atoms with Crippen LogP contribution in [0.15, 0.2) is 48.5 Å². The molecule has 4 rings (SSSR count). The SMILES string of the molecule is CCN(C(=O)[C@@H](C)[NH+]1CC[NH+](Cc2ccc3c(c2)CCO3)CC1)c1ccccc1. The van der Waals surface area contributed by atoms with Gasteiger partial charge in [0.05, 0.1) is 6.61 Å². The molecule has 5 heteroatoms. The van der Waals surface area contributed by atoms with E-state index in [0.717, 1.165) is 57.2 Å². The monoisotopic (exact) mass is 395 g/mol. The number of likely N-dealkylation sites (N-methyl/N-ethyl adjacent to an activating group) is 1. The summed E-state index contributed by atoms with van der Waals surface area (Å²) in [4.78, 5) is 18.1. The van der Waals surface area contributed by atoms with Crippen molar-refractivity contribution in [1.82, 2.24) is 0 Å². The molecule has 0 aliphatic carbocycles. The van der Waals surface area contributed by atoms with Gasteiger partial charge in [0.2, 0.25) is 0 Å². The van der Waals surface area contributed by atoms with Gasteiger partial charge in [-0.3, -0.25) is 4.79 Å². The fourth-order valence-electron chi connectivity index (χ4n) is 4.65. The van der Waals surface area contributed by atoms with E-state index >= 15 is 0 Å². The number of nitrogens with one attached hydrogen (secondary N) is 2. The van der Waals surface area contributed by atoms with E-state index in [4.69, 9.17) is 4.74 Å². The second kappa shape index (κ2) is 8.97. The van der Waals surface area contributed by atoms with Gasteiger partial charge in [0.1, 0.15) is 38.5 Å². The molecule has 154 valence electrons. The fraction of sp³-hybridized carbons (Fsp3) is 0.458. The average molecular weight is 396 g/mol. The second-order valence-electron chi connectivity index (χ2n) is 8.27. The van der Waals surface area contributed by atoms with Crippen LogP contribution in [0, 0.1) is 0 Å². The van der Waals surface area contributed by atoms with E-state index < -0.39 is 0 Å². The normalized spacial score (nSPS) is 21.9. The maximum atomic E-state index is 13.1. The average Bonchev–Trinajstić information content (AvgIpc) is 3.23. The van der Waals surface area contributed by atoms with E-state index in [1.165, 1.54) is 16.0 Å². The first kappa shape index (κ1) is 19.9. The summed E-state index contributed by atoms with van der Waals surface area (Å²) in [7, 11) is 0. The van der Waals surface area contributed by atoms with Gasteiger partial charge < -0.3 is 19.4 Å². The summed E-state index contributed by atoms with van der Waals surface area (Å²) in [5.41, 5.74) is 3.75. The first-order valence-electron chi connectivity index (χ1n) is 10.9. The third kappa shape index (κ3) is 4.46. The van der Waals surface area contributed by atoms with Crippen molar-refractivity contribution in [2.45, 2.75) is 32.9 Å². The Kier molecular flexibility index (Phi) is 6.16. The number of hydrogen-bond donors (Lipinski definition) is 2. The highest BCUT2D eigenvalue weighted by Crippen LogP contribution is 2.25. The molecule has 0 saturated carbocycles. The van der Waals surface area contributed by atoms with Crippen LogP contribution in [0.3, 0.4) is 0 Å². The number of carbonyl (C=O) groups is 1. The molecule has 0 radical (unpaired) electrons. The summed E-state index contributed by atoms with van der Waals surface area (Å²) < 4.78 is 5.62. The molecular weight excluding hydrogens is 362 g/mol. The second-order valence-corrected chi connectivity index (χ2v) is 8.27. The molecule has 29 heavy (non-hydrogen) atoms. The molecule has 1 amide bonds. The number of ether oxygens (including phenoxy) is 1. The fourth-order valence-corrected chi connectivity index (χ4v) is 4.65. The molecule has 0 aromatic heterocycles. The van der Waals surface area contributed by atoms with Crippen molar-refractivity contribution in [3.63, 3.8) is 0 Å². The molecule has 2 aliphatic heterocycles. The van der Waals surface area contributed by atoms with Crippen molar-refractivity contribution in [2.75, 3.05) is 44.2 Å². The highest BCUT2D eigenvalue weighted by molar-refractivity contribution is 5.96. The highest BCUT2D eigenvalue weighted by Gasteiger charge is 2.33. The topological polar surface area (TPSA) is 38.4 Å². The van der Waals surface area contributed by atoms with E-state index in [1.54, 1.807) is 4.90 Å². The Labute approximate surface area is 173 Å². The van der Waals surface area contributed by atoms with Crippen LogP contribution >= 0.6 is 0 Å². The van der Waals surface area contributed by atoms with Crippen LogP contribution in [0.1, 0.15) is 25.0 Å². The number of carbonyl (C=O) groups excluding carboxylic acids is 1. The molecule has 1 saturated heterocycles. The zero-order valence-corrected chi connectivity index (χ0v) is 17.6. The van der Waals surface area contributed by atoms with Gasteiger partial charge in [-0.05, 0) is 49.7 Å². The third-order valence-corrected chi connectivity index (χ3v) is 6.44. The van der Waals surface area contributed by atoms with Crippen molar-refractivity contribution < 1.29 is 19.3 Å². The maximum absolute atomic E-state index is 13.1. The Bertz CT molecular complexity index is 831. The van der Waals surface area contributed by atoms with E-state index in [2.05, 4.69) is 32.0 Å². The summed E-state index contributed by atoms with van der Waals surface area (Å²) in [6.45, 7) is 11.0. The summed E-state index contributed by atoms with van der Waals surface area (Å²) in [5.74, 6) is 1.29. The molecule has 2 aromatic rings. The number of anilines is 1. The van der Waals surface area contributed by atoms with Crippen molar-refractivity contribution in [3.8, 4) is 5.75 Å². The summed E-state index contributed by atoms with van der Waals surface area (Å²) >= 11 is 0. The van der Waals surface area contributed by atoms with E-state index in [-0.39, 0.29) is 11.9 Å². The number of para-hydroxylation sites is 1. The molecule has 1 fully saturated rings. The van der Waals surface area contributed by atoms with Crippen LogP contribution < -0.4 is 19.4 Å². The lowest BCUT2D eigenvalue weighted by Gasteiger charge is -2.34. The molecule has 2 heterocycles. The lowest BCUT2D eigenvalue weighted by molar-refractivity contribution is -1.02. The Morgan fingerprint density at radius 3 is 2.59 bits per heavy atom. The minimum atomic E-state index is -0.00569. The highest BCUT2D eigenvalue weighted by atomic mass is 16.5. The smallest absolute Gasteiger partial charge is 0.284 e. The van der Waals surface area contributed by atoms with E-state index in [1.807, 2.05) is 35.2 Å². The van der Waals surface area contributed by atoms with Gasteiger partial charge in [0.15, 0.2) is 6.04 Å². The van der Waals surface area contributed by atoms with Crippen molar-refractivity contribution >= 4 is 11.6 Å². The minimum Gasteiger partial charge on any atom is -0.493 e. The summed E-state index contributed by atoms with van der Waals surface area (Å²) in [6, 6.07) is 16.7. The molecule has 1 atom stereocenters. The Morgan fingerprint density at radius 1 is 1.10 bits per heavy atom. The standard InChI is InChI=1S/C24H31N3O2/c1-3-27(22-7-5-4-6-8-22)24(28)19(2)26-14-12-25(13-15-26)18-20-9-10-23-21(17-20)11-16-29-23/h4-10,17,19H,3,11-16,18H2,1-2H3/p+2/t19-/m1/s1. The zero-order valence-electron chi connectivity index (χ0n) is 17.6. The molecule has 2 aliphatic rings. The number of benzene rings is 2. The number of amides is 1. The number of quaternary nitrogens is 2. The number of nitrogens with zero attached hydrogens (tertiary/aromatic N) is 1. The van der Waals surface area contributed by atoms with Gasteiger partial charge in [0, 0.05) is 24.2 Å². The molecule has 5 nitrogen and oxygen atoms in total. The van der Waals surface area contributed by atoms with E-state index in [9.17, 15) is 4.79 Å². The van der Waals surface area contributed by atoms with Gasteiger partial charge in [-0.1, -0.05) is 18.2 Å². The predicted octanol–water partition coefficient (Wildman–Crippen LogP) is 0.347. The van der Waals surface area contributed by atoms with Gasteiger partial charge in [0.25, 0.3) is 5.91 Å². The predicted molar refractivity (Wildman–Crippen MR) is 115 cm³/mol. The van der Waals surface area contributed by atoms with Crippen LogP contribution in [0.5, 0.6) is 5.75 Å². The Balaban J connectivity index is 1.32. The largest absolute Gasteiger partial charge is 0.493 e. The maximum Gasteiger partial charge on any atom is 0.284 e. The third-order valence-electron chi connectivity index (χ3n) is 6.44. The zero-order chi connectivity index (χ0) is 20.2. The van der Waals surface area contributed by atoms with Crippen LogP contribution in [0.2, 0.25) is 0 Å². The molecule has 0 unspecified atom stereocenters. The lowest BCUT2D eigenvalue weighted by Crippen LogP contribution is -3.29. The van der Waals surface area contributed by atoms with Crippen LogP contribution in [-0.4, -0.2) is 51.3 Å². The van der Waals surface area contributed by atoms with E-state index in [0.29, 0.717) is 6.54 Å². The molecule has 2 aromatic carbocycles. The lowest BCUT2D eigenvalue weighted by atomic mass is 10.1. The van der Waals surface area contributed by atoms with Crippen LogP contribution in [0.4, 0.5) is 5.69 Å². The number of rotatable bonds is 6. The molecule has 0 bridgehead atoms. The first-order chi connectivity index (χ1) is 14.2. The van der Waals surface area contributed by atoms with Gasteiger partial charge in [-0.15, -0.1) is 0 Å². The molecule has 2 N–H and O–H groups in total. The van der Waals surface area contributed by atoms with Crippen molar-refractivity contribution in [1.29, 1.82) is 0 Å². The van der Waals surface area contributed by atoms with Gasteiger partial charge in [-0.2, -0.15) is 0 Å². The first-order valence-corrected chi connectivity index (χ1v) is 10.9. The van der Waals surface area contributed by atoms with Crippen molar-refractivity contribution in [3.05, 3.63) is 59.7 Å². The van der Waals surface area contributed by atoms with Gasteiger partial charge >= 0.3 is 0 Å². The quantitative estimate of drug-likeness (QED) is 0.741. The molecule has 0 spiro atoms. The Morgan fingerprint density at radius 2 is 1.86 bits per heavy atom. The van der Waals surface area contributed by atoms with Crippen LogP contribution in [0.25, 0.3) is 0 Å². The minimum absolute atomic E-state index is 0.00569. The van der Waals surface area contributed by atoms with Crippen molar-refractivity contribution in [2.24, 2.45) is 0 Å². The number of piperazine rings is 1. The number of fused-ring (bicyclic) bond motifs is 1.